The first kappa shape index (κ1) is 14.4. The Balaban J connectivity index is 3.02. The minimum Gasteiger partial charge on any atom is -0.480 e. The first-order valence-electron chi connectivity index (χ1n) is 4.61. The van der Waals surface area contributed by atoms with E-state index in [2.05, 4.69) is 0 Å². The molecule has 0 radical (unpaired) electrons. The molecule has 0 aliphatic carbocycles. The lowest BCUT2D eigenvalue weighted by molar-refractivity contribution is -0.140. The van der Waals surface area contributed by atoms with Crippen LogP contribution in [0.3, 0.4) is 0 Å². The van der Waals surface area contributed by atoms with Crippen molar-refractivity contribution >= 4 is 25.8 Å². The SMILES string of the molecule is CS(=O)(=O)CS(=O)(=O)N1C[C@H](O)C[C@H]1C(=O)O. The maximum absolute atomic E-state index is 11.7. The largest absolute Gasteiger partial charge is 0.480 e. The fourth-order valence-electron chi connectivity index (χ4n) is 1.65. The number of hydrogen-bond donors (Lipinski definition) is 2. The first-order chi connectivity index (χ1) is 7.53. The highest BCUT2D eigenvalue weighted by atomic mass is 32.3. The van der Waals surface area contributed by atoms with Gasteiger partial charge in [0.15, 0.2) is 14.9 Å². The van der Waals surface area contributed by atoms with Gasteiger partial charge in [0.25, 0.3) is 0 Å². The number of β-amino-alcohol motifs (C(OH)–C–C–N with tert-alkyl or cyclic N) is 1. The quantitative estimate of drug-likeness (QED) is 0.602. The van der Waals surface area contributed by atoms with Gasteiger partial charge in [0.1, 0.15) is 6.04 Å². The monoisotopic (exact) mass is 287 g/mol. The van der Waals surface area contributed by atoms with E-state index in [1.165, 1.54) is 0 Å². The second-order valence-corrected chi connectivity index (χ2v) is 8.40. The zero-order chi connectivity index (χ0) is 13.4. The number of nitrogens with zero attached hydrogens (tertiary/aromatic N) is 1. The molecule has 1 fully saturated rings. The summed E-state index contributed by atoms with van der Waals surface area (Å²) >= 11 is 0. The molecule has 17 heavy (non-hydrogen) atoms. The van der Waals surface area contributed by atoms with Crippen molar-refractivity contribution in [1.29, 1.82) is 0 Å². The van der Waals surface area contributed by atoms with E-state index in [9.17, 15) is 26.7 Å². The van der Waals surface area contributed by atoms with Crippen LogP contribution in [0.1, 0.15) is 6.42 Å². The lowest BCUT2D eigenvalue weighted by atomic mass is 10.2. The lowest BCUT2D eigenvalue weighted by Crippen LogP contribution is -2.42. The Morgan fingerprint density at radius 2 is 1.88 bits per heavy atom. The lowest BCUT2D eigenvalue weighted by Gasteiger charge is -2.19. The number of aliphatic carboxylic acids is 1. The van der Waals surface area contributed by atoms with Crippen LogP contribution in [0.4, 0.5) is 0 Å². The summed E-state index contributed by atoms with van der Waals surface area (Å²) in [6, 6.07) is -1.41. The summed E-state index contributed by atoms with van der Waals surface area (Å²) in [7, 11) is -8.03. The molecule has 0 amide bonds. The molecule has 10 heteroatoms. The molecule has 0 aromatic rings. The third-order valence-corrected chi connectivity index (χ3v) is 6.26. The summed E-state index contributed by atoms with van der Waals surface area (Å²) < 4.78 is 45.8. The zero-order valence-electron chi connectivity index (χ0n) is 8.98. The third-order valence-electron chi connectivity index (χ3n) is 2.24. The van der Waals surface area contributed by atoms with Crippen LogP contribution < -0.4 is 0 Å². The van der Waals surface area contributed by atoms with Gasteiger partial charge in [-0.25, -0.2) is 16.8 Å². The standard InChI is InChI=1S/C7H13NO7S2/c1-16(12,13)4-17(14,15)8-3-5(9)2-6(8)7(10)11/h5-6,9H,2-4H2,1H3,(H,10,11)/t5-,6+/m1/s1. The van der Waals surface area contributed by atoms with Crippen LogP contribution in [-0.2, 0) is 24.7 Å². The van der Waals surface area contributed by atoms with Crippen LogP contribution in [0.25, 0.3) is 0 Å². The van der Waals surface area contributed by atoms with Gasteiger partial charge in [-0.2, -0.15) is 4.31 Å². The normalized spacial score (nSPS) is 27.2. The minimum atomic E-state index is -4.24. The Kier molecular flexibility index (Phi) is 3.81. The van der Waals surface area contributed by atoms with Gasteiger partial charge in [-0.1, -0.05) is 0 Å². The molecule has 0 bridgehead atoms. The van der Waals surface area contributed by atoms with E-state index in [0.717, 1.165) is 6.26 Å². The zero-order valence-corrected chi connectivity index (χ0v) is 10.6. The van der Waals surface area contributed by atoms with Gasteiger partial charge in [-0.15, -0.1) is 0 Å². The van der Waals surface area contributed by atoms with E-state index in [-0.39, 0.29) is 6.42 Å². The second-order valence-electron chi connectivity index (χ2n) is 3.97. The summed E-state index contributed by atoms with van der Waals surface area (Å²) in [6.07, 6.45) is -0.587. The van der Waals surface area contributed by atoms with E-state index in [4.69, 9.17) is 5.11 Å². The first-order valence-corrected chi connectivity index (χ1v) is 8.28. The molecule has 0 saturated carbocycles. The van der Waals surface area contributed by atoms with E-state index in [1.807, 2.05) is 0 Å². The highest BCUT2D eigenvalue weighted by Crippen LogP contribution is 2.22. The van der Waals surface area contributed by atoms with Crippen LogP contribution >= 0.6 is 0 Å². The van der Waals surface area contributed by atoms with Gasteiger partial charge < -0.3 is 10.2 Å². The molecule has 1 rings (SSSR count). The number of hydrogen-bond acceptors (Lipinski definition) is 6. The van der Waals surface area contributed by atoms with Crippen LogP contribution in [0.5, 0.6) is 0 Å². The number of carboxylic acids is 1. The molecule has 8 nitrogen and oxygen atoms in total. The number of aliphatic hydroxyl groups excluding tert-OH is 1. The number of sulfonamides is 1. The Morgan fingerprint density at radius 1 is 1.35 bits per heavy atom. The molecule has 0 aromatic heterocycles. The predicted octanol–water partition coefficient (Wildman–Crippen LogP) is -2.16. The Labute approximate surface area is 98.8 Å². The van der Waals surface area contributed by atoms with Crippen molar-refractivity contribution in [3.05, 3.63) is 0 Å². The summed E-state index contributed by atoms with van der Waals surface area (Å²) in [4.78, 5) is 10.8. The van der Waals surface area contributed by atoms with Crippen molar-refractivity contribution in [3.8, 4) is 0 Å². The van der Waals surface area contributed by atoms with Crippen LogP contribution in [-0.4, -0.2) is 67.4 Å². The fourth-order valence-corrected chi connectivity index (χ4v) is 5.32. The smallest absolute Gasteiger partial charge is 0.322 e. The van der Waals surface area contributed by atoms with E-state index in [0.29, 0.717) is 4.31 Å². The molecule has 2 N–H and O–H groups in total. The van der Waals surface area contributed by atoms with Crippen molar-refractivity contribution in [2.45, 2.75) is 18.6 Å². The summed E-state index contributed by atoms with van der Waals surface area (Å²) in [5, 5.41) is 16.9. The predicted molar refractivity (Wildman–Crippen MR) is 57.4 cm³/mol. The molecule has 1 heterocycles. The van der Waals surface area contributed by atoms with E-state index >= 15 is 0 Å². The second kappa shape index (κ2) is 4.52. The van der Waals surface area contributed by atoms with Crippen molar-refractivity contribution in [3.63, 3.8) is 0 Å². The van der Waals surface area contributed by atoms with Crippen LogP contribution in [0, 0.1) is 0 Å². The topological polar surface area (TPSA) is 129 Å². The van der Waals surface area contributed by atoms with E-state index < -0.39 is 49.6 Å². The maximum atomic E-state index is 11.7. The van der Waals surface area contributed by atoms with Gasteiger partial charge in [0, 0.05) is 19.2 Å². The van der Waals surface area contributed by atoms with E-state index in [1.54, 1.807) is 0 Å². The molecule has 1 aliphatic rings. The maximum Gasteiger partial charge on any atom is 0.322 e. The number of carbonyl (C=O) groups is 1. The van der Waals surface area contributed by atoms with Gasteiger partial charge in [-0.3, -0.25) is 4.79 Å². The van der Waals surface area contributed by atoms with Crippen molar-refractivity contribution < 1.29 is 31.8 Å². The molecule has 100 valence electrons. The van der Waals surface area contributed by atoms with Gasteiger partial charge in [0.05, 0.1) is 6.10 Å². The molecule has 1 saturated heterocycles. The number of aliphatic hydroxyl groups is 1. The molecule has 0 spiro atoms. The number of rotatable bonds is 4. The van der Waals surface area contributed by atoms with Crippen LogP contribution in [0.2, 0.25) is 0 Å². The van der Waals surface area contributed by atoms with Crippen molar-refractivity contribution in [1.82, 2.24) is 4.31 Å². The van der Waals surface area contributed by atoms with Gasteiger partial charge in [-0.05, 0) is 0 Å². The third kappa shape index (κ3) is 3.63. The van der Waals surface area contributed by atoms with Crippen LogP contribution in [0.15, 0.2) is 0 Å². The average molecular weight is 287 g/mol. The summed E-state index contributed by atoms with van der Waals surface area (Å²) in [6.45, 7) is -0.394. The molecule has 0 unspecified atom stereocenters. The Hall–Kier alpha value is -0.710. The number of sulfone groups is 1. The molecular formula is C7H13NO7S2. The molecule has 2 atom stereocenters. The highest BCUT2D eigenvalue weighted by molar-refractivity contribution is 8.06. The van der Waals surface area contributed by atoms with Crippen molar-refractivity contribution in [2.75, 3.05) is 17.9 Å². The summed E-state index contributed by atoms with van der Waals surface area (Å²) in [5.41, 5.74) is 0. The number of carboxylic acid groups (broad SMARTS) is 1. The van der Waals surface area contributed by atoms with Gasteiger partial charge >= 0.3 is 5.97 Å². The van der Waals surface area contributed by atoms with Crippen molar-refractivity contribution in [2.24, 2.45) is 0 Å². The average Bonchev–Trinajstić information content (AvgIpc) is 2.43. The molecule has 1 aliphatic heterocycles. The highest BCUT2D eigenvalue weighted by Gasteiger charge is 2.43. The van der Waals surface area contributed by atoms with Gasteiger partial charge in [0.2, 0.25) is 10.0 Å². The Bertz CT molecular complexity index is 508. The summed E-state index contributed by atoms with van der Waals surface area (Å²) in [5.74, 6) is -1.40. The molecule has 0 aromatic carbocycles. The fraction of sp³-hybridized carbons (Fsp3) is 0.857. The Morgan fingerprint density at radius 3 is 2.29 bits per heavy atom. The molecular weight excluding hydrogens is 274 g/mol. The minimum absolute atomic E-state index is 0.238.